The minimum Gasteiger partial charge on any atom is -0.394 e. The molecule has 25 heavy (non-hydrogen) atoms. The molecule has 5 heteroatoms. The van der Waals surface area contributed by atoms with E-state index in [4.69, 9.17) is 11.6 Å². The zero-order valence-corrected chi connectivity index (χ0v) is 15.4. The third-order valence-corrected chi connectivity index (χ3v) is 5.04. The van der Waals surface area contributed by atoms with Gasteiger partial charge in [-0.15, -0.1) is 0 Å². The summed E-state index contributed by atoms with van der Waals surface area (Å²) in [7, 11) is 0. The molecule has 3 rings (SSSR count). The van der Waals surface area contributed by atoms with Gasteiger partial charge in [-0.2, -0.15) is 0 Å². The van der Waals surface area contributed by atoms with E-state index in [9.17, 15) is 9.90 Å². The van der Waals surface area contributed by atoms with E-state index in [1.165, 1.54) is 0 Å². The van der Waals surface area contributed by atoms with E-state index < -0.39 is 0 Å². The minimum atomic E-state index is -0.299. The molecule has 1 amide bonds. The molecule has 0 bridgehead atoms. The van der Waals surface area contributed by atoms with Crippen molar-refractivity contribution in [3.8, 4) is 0 Å². The minimum absolute atomic E-state index is 0.0576. The molecule has 3 N–H and O–H groups in total. The number of aliphatic hydroxyl groups excluding tert-OH is 1. The van der Waals surface area contributed by atoms with Crippen LogP contribution in [0.5, 0.6) is 0 Å². The molecule has 132 valence electrons. The van der Waals surface area contributed by atoms with Crippen molar-refractivity contribution in [2.75, 3.05) is 6.61 Å². The molecular formula is C20H23ClN2O2. The maximum absolute atomic E-state index is 12.5. The zero-order valence-electron chi connectivity index (χ0n) is 14.6. The average Bonchev–Trinajstić information content (AvgIpc) is 2.95. The number of aliphatic hydroxyl groups is 1. The predicted octanol–water partition coefficient (Wildman–Crippen LogP) is 4.21. The van der Waals surface area contributed by atoms with E-state index >= 15 is 0 Å². The molecule has 0 radical (unpaired) electrons. The van der Waals surface area contributed by atoms with E-state index in [2.05, 4.69) is 10.3 Å². The molecule has 3 aromatic rings. The molecule has 1 heterocycles. The second kappa shape index (κ2) is 7.06. The summed E-state index contributed by atoms with van der Waals surface area (Å²) >= 11 is 6.10. The second-order valence-electron chi connectivity index (χ2n) is 6.88. The van der Waals surface area contributed by atoms with Gasteiger partial charge < -0.3 is 15.4 Å². The number of amides is 1. The first-order valence-electron chi connectivity index (χ1n) is 8.53. The number of carbonyl (C=O) groups is 1. The fraction of sp³-hybridized carbons (Fsp3) is 0.350. The molecule has 1 aromatic heterocycles. The van der Waals surface area contributed by atoms with Gasteiger partial charge >= 0.3 is 0 Å². The van der Waals surface area contributed by atoms with Gasteiger partial charge in [0, 0.05) is 26.8 Å². The quantitative estimate of drug-likeness (QED) is 0.639. The van der Waals surface area contributed by atoms with Crippen LogP contribution in [-0.2, 0) is 4.79 Å². The van der Waals surface area contributed by atoms with Gasteiger partial charge in [0.25, 0.3) is 0 Å². The number of carbonyl (C=O) groups excluding carboxylic acids is 1. The summed E-state index contributed by atoms with van der Waals surface area (Å²) in [5, 5.41) is 15.2. The van der Waals surface area contributed by atoms with Crippen LogP contribution in [-0.4, -0.2) is 28.6 Å². The largest absolute Gasteiger partial charge is 0.394 e. The Morgan fingerprint density at radius 1 is 1.12 bits per heavy atom. The summed E-state index contributed by atoms with van der Waals surface area (Å²) in [6.07, 6.45) is 0. The number of aromatic amines is 1. The van der Waals surface area contributed by atoms with Gasteiger partial charge in [0.1, 0.15) is 0 Å². The molecule has 0 saturated carbocycles. The lowest BCUT2D eigenvalue weighted by molar-refractivity contribution is -0.123. The van der Waals surface area contributed by atoms with Crippen LogP contribution in [0.25, 0.3) is 21.8 Å². The number of fused-ring (bicyclic) bond motifs is 3. The second-order valence-corrected chi connectivity index (χ2v) is 7.32. The molecule has 4 nitrogen and oxygen atoms in total. The Morgan fingerprint density at radius 2 is 1.88 bits per heavy atom. The number of aromatic nitrogens is 1. The Bertz CT molecular complexity index is 917. The van der Waals surface area contributed by atoms with Crippen LogP contribution >= 0.6 is 11.6 Å². The molecule has 0 fully saturated rings. The number of H-pyrrole nitrogens is 1. The van der Waals surface area contributed by atoms with Gasteiger partial charge in [-0.25, -0.2) is 0 Å². The van der Waals surface area contributed by atoms with E-state index in [0.717, 1.165) is 27.4 Å². The molecule has 0 aliphatic carbocycles. The first-order chi connectivity index (χ1) is 11.9. The predicted molar refractivity (Wildman–Crippen MR) is 103 cm³/mol. The summed E-state index contributed by atoms with van der Waals surface area (Å²) in [6.45, 7) is 5.78. The Morgan fingerprint density at radius 3 is 2.56 bits per heavy atom. The lowest BCUT2D eigenvalue weighted by atomic mass is 9.97. The lowest BCUT2D eigenvalue weighted by Crippen LogP contribution is -2.42. The highest BCUT2D eigenvalue weighted by Crippen LogP contribution is 2.30. The van der Waals surface area contributed by atoms with Crippen molar-refractivity contribution < 1.29 is 9.90 Å². The molecule has 2 aromatic carbocycles. The number of hydrogen-bond acceptors (Lipinski definition) is 2. The maximum Gasteiger partial charge on any atom is 0.227 e. The van der Waals surface area contributed by atoms with Crippen LogP contribution in [0.3, 0.4) is 0 Å². The molecule has 0 saturated heterocycles. The van der Waals surface area contributed by atoms with Gasteiger partial charge in [0.15, 0.2) is 0 Å². The van der Waals surface area contributed by atoms with Crippen molar-refractivity contribution in [1.82, 2.24) is 10.3 Å². The van der Waals surface area contributed by atoms with Crippen LogP contribution in [0.1, 0.15) is 32.3 Å². The van der Waals surface area contributed by atoms with E-state index in [-0.39, 0.29) is 30.4 Å². The zero-order chi connectivity index (χ0) is 18.1. The normalized spacial score (nSPS) is 14.2. The van der Waals surface area contributed by atoms with E-state index in [0.29, 0.717) is 5.02 Å². The molecular weight excluding hydrogens is 336 g/mol. The number of hydrogen-bond donors (Lipinski definition) is 3. The SMILES string of the molecule is CC(C(=O)NC(CO)C(C)C)c1ccc2c(c1)[nH]c1ccc(Cl)cc12. The fourth-order valence-corrected chi connectivity index (χ4v) is 3.22. The molecule has 0 aliphatic heterocycles. The van der Waals surface area contributed by atoms with Crippen molar-refractivity contribution in [1.29, 1.82) is 0 Å². The first kappa shape index (κ1) is 17.8. The molecule has 0 aliphatic rings. The van der Waals surface area contributed by atoms with E-state index in [1.807, 2.05) is 57.2 Å². The summed E-state index contributed by atoms with van der Waals surface area (Å²) in [4.78, 5) is 15.9. The standard InChI is InChI=1S/C20H23ClN2O2/c1-11(2)19(10-24)23-20(25)12(3)13-4-6-15-16-9-14(21)5-7-17(16)22-18(15)8-13/h4-9,11-12,19,22,24H,10H2,1-3H3,(H,23,25). The van der Waals surface area contributed by atoms with Crippen molar-refractivity contribution in [2.45, 2.75) is 32.7 Å². The Hall–Kier alpha value is -2.04. The lowest BCUT2D eigenvalue weighted by Gasteiger charge is -2.22. The van der Waals surface area contributed by atoms with Gasteiger partial charge in [-0.3, -0.25) is 4.79 Å². The Kier molecular flexibility index (Phi) is 5.02. The van der Waals surface area contributed by atoms with Crippen LogP contribution < -0.4 is 5.32 Å². The van der Waals surface area contributed by atoms with Gasteiger partial charge in [0.2, 0.25) is 5.91 Å². The first-order valence-corrected chi connectivity index (χ1v) is 8.90. The molecule has 0 spiro atoms. The third kappa shape index (κ3) is 3.51. The van der Waals surface area contributed by atoms with Gasteiger partial charge in [-0.05, 0) is 42.7 Å². The highest BCUT2D eigenvalue weighted by Gasteiger charge is 2.21. The Labute approximate surface area is 152 Å². The average molecular weight is 359 g/mol. The Balaban J connectivity index is 1.90. The number of benzene rings is 2. The number of halogens is 1. The van der Waals surface area contributed by atoms with Gasteiger partial charge in [0.05, 0.1) is 18.6 Å². The summed E-state index contributed by atoms with van der Waals surface area (Å²) in [6, 6.07) is 11.5. The van der Waals surface area contributed by atoms with Crippen LogP contribution in [0.4, 0.5) is 0 Å². The third-order valence-electron chi connectivity index (χ3n) is 4.81. The highest BCUT2D eigenvalue weighted by molar-refractivity contribution is 6.31. The molecule has 2 unspecified atom stereocenters. The van der Waals surface area contributed by atoms with Crippen molar-refractivity contribution in [3.05, 3.63) is 47.0 Å². The van der Waals surface area contributed by atoms with Crippen LogP contribution in [0.2, 0.25) is 5.02 Å². The van der Waals surface area contributed by atoms with Crippen molar-refractivity contribution in [3.63, 3.8) is 0 Å². The molecule has 2 atom stereocenters. The van der Waals surface area contributed by atoms with Crippen molar-refractivity contribution >= 4 is 39.3 Å². The monoisotopic (exact) mass is 358 g/mol. The maximum atomic E-state index is 12.5. The summed E-state index contributed by atoms with van der Waals surface area (Å²) in [5.41, 5.74) is 2.94. The van der Waals surface area contributed by atoms with Gasteiger partial charge in [-0.1, -0.05) is 37.6 Å². The van der Waals surface area contributed by atoms with Crippen molar-refractivity contribution in [2.24, 2.45) is 5.92 Å². The number of rotatable bonds is 5. The fourth-order valence-electron chi connectivity index (χ4n) is 3.05. The van der Waals surface area contributed by atoms with E-state index in [1.54, 1.807) is 0 Å². The van der Waals surface area contributed by atoms with Crippen LogP contribution in [0.15, 0.2) is 36.4 Å². The topological polar surface area (TPSA) is 65.1 Å². The smallest absolute Gasteiger partial charge is 0.227 e. The summed E-state index contributed by atoms with van der Waals surface area (Å²) in [5.74, 6) is -0.194. The summed E-state index contributed by atoms with van der Waals surface area (Å²) < 4.78 is 0. The van der Waals surface area contributed by atoms with Crippen LogP contribution in [0, 0.1) is 5.92 Å². The highest BCUT2D eigenvalue weighted by atomic mass is 35.5. The number of nitrogens with one attached hydrogen (secondary N) is 2.